The lowest BCUT2D eigenvalue weighted by Gasteiger charge is -2.34. The van der Waals surface area contributed by atoms with Gasteiger partial charge in [0.25, 0.3) is 0 Å². The molecule has 1 heterocycles. The molecule has 2 aromatic rings. The van der Waals surface area contributed by atoms with E-state index in [4.69, 9.17) is 0 Å². The Kier molecular flexibility index (Phi) is 5.88. The van der Waals surface area contributed by atoms with Crippen molar-refractivity contribution < 1.29 is 47.9 Å². The summed E-state index contributed by atoms with van der Waals surface area (Å²) in [5.74, 6) is 0. The van der Waals surface area contributed by atoms with E-state index in [-0.39, 0.29) is 10.5 Å². The van der Waals surface area contributed by atoms with Gasteiger partial charge in [-0.15, -0.1) is 0 Å². The van der Waals surface area contributed by atoms with E-state index in [9.17, 15) is 47.9 Å². The quantitative estimate of drug-likeness (QED) is 0.461. The Morgan fingerprint density at radius 3 is 1.70 bits per heavy atom. The molecule has 180 valence electrons. The van der Waals surface area contributed by atoms with Crippen LogP contribution >= 0.6 is 0 Å². The average Bonchev–Trinajstić information content (AvgIpc) is 3.09. The molecule has 0 bridgehead atoms. The van der Waals surface area contributed by atoms with Gasteiger partial charge in [0, 0.05) is 12.5 Å². The second-order valence-corrected chi connectivity index (χ2v) is 9.63. The number of aromatic nitrogens is 1. The van der Waals surface area contributed by atoms with E-state index in [1.807, 2.05) is 0 Å². The first-order valence-electron chi connectivity index (χ1n) is 9.06. The Morgan fingerprint density at radius 1 is 0.788 bits per heavy atom. The Morgan fingerprint density at radius 2 is 1.30 bits per heavy atom. The van der Waals surface area contributed by atoms with Crippen molar-refractivity contribution >= 4 is 21.0 Å². The number of rotatable bonds is 3. The third kappa shape index (κ3) is 4.59. The maximum atomic E-state index is 13.7. The average molecular weight is 503 g/mol. The molecule has 0 spiro atoms. The Hall–Kier alpha value is -2.57. The molecule has 1 aliphatic rings. The van der Waals surface area contributed by atoms with Gasteiger partial charge in [0.1, 0.15) is 0 Å². The maximum Gasteiger partial charge on any atom is 0.417 e. The monoisotopic (exact) mass is 503 g/mol. The molecule has 0 unspecified atom stereocenters. The van der Waals surface area contributed by atoms with Crippen LogP contribution in [0.4, 0.5) is 39.5 Å². The zero-order valence-corrected chi connectivity index (χ0v) is 17.3. The van der Waals surface area contributed by atoms with E-state index >= 15 is 0 Å². The minimum Gasteiger partial charge on any atom is -0.256 e. The fourth-order valence-electron chi connectivity index (χ4n) is 3.61. The molecule has 1 aromatic heterocycles. The van der Waals surface area contributed by atoms with E-state index in [0.717, 1.165) is 30.5 Å². The molecule has 0 saturated heterocycles. The number of sulfone groups is 1. The molecule has 3 rings (SSSR count). The summed E-state index contributed by atoms with van der Waals surface area (Å²) in [6.45, 7) is 0. The van der Waals surface area contributed by atoms with Crippen LogP contribution in [0.3, 0.4) is 0 Å². The number of hydrogen-bond donors (Lipinski definition) is 0. The molecule has 0 saturated carbocycles. The van der Waals surface area contributed by atoms with Gasteiger partial charge in [-0.1, -0.05) is 12.1 Å². The summed E-state index contributed by atoms with van der Waals surface area (Å²) < 4.78 is 144. The topological polar surface area (TPSA) is 47.0 Å². The van der Waals surface area contributed by atoms with Gasteiger partial charge in [0.2, 0.25) is 0 Å². The van der Waals surface area contributed by atoms with Crippen molar-refractivity contribution in [3.8, 4) is 0 Å². The van der Waals surface area contributed by atoms with Crippen molar-refractivity contribution in [1.82, 2.24) is 4.98 Å². The highest BCUT2D eigenvalue weighted by atomic mass is 32.2. The zero-order chi connectivity index (χ0) is 25.0. The van der Waals surface area contributed by atoms with Crippen LogP contribution in [0.1, 0.15) is 29.7 Å². The molecule has 1 aromatic carbocycles. The van der Waals surface area contributed by atoms with E-state index in [1.165, 1.54) is 0 Å². The fraction of sp³-hybridized carbons (Fsp3) is 0.350. The molecular weight excluding hydrogens is 489 g/mol. The number of pyridine rings is 1. The van der Waals surface area contributed by atoms with Crippen LogP contribution in [-0.4, -0.2) is 32.0 Å². The Labute approximate surface area is 181 Å². The summed E-state index contributed by atoms with van der Waals surface area (Å²) in [5, 5.41) is 0. The number of benzene rings is 1. The first-order valence-corrected chi connectivity index (χ1v) is 11.0. The smallest absolute Gasteiger partial charge is 0.256 e. The van der Waals surface area contributed by atoms with E-state index in [0.29, 0.717) is 18.3 Å². The molecule has 0 aliphatic heterocycles. The molecule has 1 aliphatic carbocycles. The van der Waals surface area contributed by atoms with Crippen LogP contribution in [0.15, 0.2) is 47.5 Å². The van der Waals surface area contributed by atoms with E-state index < -0.39 is 69.0 Å². The summed E-state index contributed by atoms with van der Waals surface area (Å²) in [4.78, 5) is 3.27. The van der Waals surface area contributed by atoms with Crippen LogP contribution in [0.5, 0.6) is 0 Å². The molecular formula is C20H14F9NO2S. The second-order valence-electron chi connectivity index (χ2n) is 7.61. The van der Waals surface area contributed by atoms with E-state index in [1.54, 1.807) is 0 Å². The number of halogens is 9. The predicted octanol–water partition coefficient (Wildman–Crippen LogP) is 6.32. The third-order valence-corrected chi connectivity index (χ3v) is 6.57. The molecule has 0 atom stereocenters. The summed E-state index contributed by atoms with van der Waals surface area (Å²) in [6.07, 6.45) is -18.2. The van der Waals surface area contributed by atoms with Gasteiger partial charge in [-0.3, -0.25) is 4.98 Å². The lowest BCUT2D eigenvalue weighted by molar-refractivity contribution is -0.335. The summed E-state index contributed by atoms with van der Waals surface area (Å²) in [7, 11) is -3.69. The van der Waals surface area contributed by atoms with Crippen molar-refractivity contribution in [2.24, 2.45) is 5.41 Å². The zero-order valence-electron chi connectivity index (χ0n) is 16.5. The lowest BCUT2D eigenvalue weighted by Crippen LogP contribution is -2.48. The molecule has 0 amide bonds. The standard InChI is InChI=1S/C20H14F9NO2S/c1-33(31,32)13-5-2-11(3-6-13)14-8-17(19(24,25)26,20(27,28)29)9-15(14)16-7-4-12(10-30-16)18(21,22)23/h2-7,10H,8-9H2,1H3. The van der Waals surface area contributed by atoms with Gasteiger partial charge in [-0.05, 0) is 53.8 Å². The largest absolute Gasteiger partial charge is 0.417 e. The second kappa shape index (κ2) is 7.74. The van der Waals surface area contributed by atoms with Crippen molar-refractivity contribution in [1.29, 1.82) is 0 Å². The van der Waals surface area contributed by atoms with Crippen LogP contribution in [-0.2, 0) is 16.0 Å². The predicted molar refractivity (Wildman–Crippen MR) is 99.4 cm³/mol. The van der Waals surface area contributed by atoms with E-state index in [2.05, 4.69) is 4.98 Å². The van der Waals surface area contributed by atoms with Crippen molar-refractivity contribution in [2.75, 3.05) is 6.26 Å². The normalized spacial score (nSPS) is 17.5. The van der Waals surface area contributed by atoms with Crippen molar-refractivity contribution in [3.05, 3.63) is 59.4 Å². The fourth-order valence-corrected chi connectivity index (χ4v) is 4.24. The van der Waals surface area contributed by atoms with Gasteiger partial charge in [0.05, 0.1) is 16.2 Å². The lowest BCUT2D eigenvalue weighted by atomic mass is 9.81. The SMILES string of the molecule is CS(=O)(=O)c1ccc(C2=C(c3ccc(C(F)(F)F)cn3)CC(C(F)(F)F)(C(F)(F)F)C2)cc1. The number of hydrogen-bond acceptors (Lipinski definition) is 3. The molecule has 0 N–H and O–H groups in total. The van der Waals surface area contributed by atoms with Crippen molar-refractivity contribution in [2.45, 2.75) is 36.3 Å². The van der Waals surface area contributed by atoms with Crippen LogP contribution in [0, 0.1) is 5.41 Å². The van der Waals surface area contributed by atoms with Crippen LogP contribution < -0.4 is 0 Å². The highest BCUT2D eigenvalue weighted by Crippen LogP contribution is 2.64. The molecule has 0 fully saturated rings. The summed E-state index contributed by atoms with van der Waals surface area (Å²) >= 11 is 0. The highest BCUT2D eigenvalue weighted by Gasteiger charge is 2.72. The number of allylic oxidation sites excluding steroid dienone is 2. The summed E-state index contributed by atoms with van der Waals surface area (Å²) in [5.41, 5.74) is -6.95. The van der Waals surface area contributed by atoms with Crippen LogP contribution in [0.2, 0.25) is 0 Å². The molecule has 3 nitrogen and oxygen atoms in total. The van der Waals surface area contributed by atoms with Gasteiger partial charge < -0.3 is 0 Å². The molecule has 0 radical (unpaired) electrons. The minimum absolute atomic E-state index is 0.130. The number of nitrogens with zero attached hydrogens (tertiary/aromatic N) is 1. The van der Waals surface area contributed by atoms with Gasteiger partial charge in [-0.2, -0.15) is 39.5 Å². The van der Waals surface area contributed by atoms with Gasteiger partial charge >= 0.3 is 18.5 Å². The Bertz CT molecular complexity index is 1160. The van der Waals surface area contributed by atoms with Crippen LogP contribution in [0.25, 0.3) is 11.1 Å². The molecule has 13 heteroatoms. The summed E-state index contributed by atoms with van der Waals surface area (Å²) in [6, 6.07) is 5.39. The highest BCUT2D eigenvalue weighted by molar-refractivity contribution is 7.90. The van der Waals surface area contributed by atoms with Crippen molar-refractivity contribution in [3.63, 3.8) is 0 Å². The van der Waals surface area contributed by atoms with Gasteiger partial charge in [0.15, 0.2) is 15.3 Å². The maximum absolute atomic E-state index is 13.7. The Balaban J connectivity index is 2.20. The van der Waals surface area contributed by atoms with Gasteiger partial charge in [-0.25, -0.2) is 8.42 Å². The first kappa shape index (κ1) is 25.1. The third-order valence-electron chi connectivity index (χ3n) is 5.44. The first-order chi connectivity index (χ1) is 14.9. The minimum atomic E-state index is -5.73. The number of alkyl halides is 9. The molecule has 33 heavy (non-hydrogen) atoms.